The van der Waals surface area contributed by atoms with Gasteiger partial charge in [0.2, 0.25) is 0 Å². The zero-order chi connectivity index (χ0) is 29.8. The number of rotatable bonds is 9. The highest BCUT2D eigenvalue weighted by Crippen LogP contribution is 2.45. The van der Waals surface area contributed by atoms with Gasteiger partial charge in [0, 0.05) is 49.2 Å². The topological polar surface area (TPSA) is 105 Å². The van der Waals surface area contributed by atoms with Crippen LogP contribution in [0.3, 0.4) is 0 Å². The Morgan fingerprint density at radius 3 is 2.48 bits per heavy atom. The first-order valence-corrected chi connectivity index (χ1v) is 13.7. The molecule has 1 aliphatic heterocycles. The van der Waals surface area contributed by atoms with Gasteiger partial charge in [-0.2, -0.15) is 5.26 Å². The first kappa shape index (κ1) is 29.0. The van der Waals surface area contributed by atoms with E-state index in [1.807, 2.05) is 36.4 Å². The average molecular weight is 589 g/mol. The summed E-state index contributed by atoms with van der Waals surface area (Å²) >= 11 is 6.23. The first-order valence-electron chi connectivity index (χ1n) is 13.3. The fraction of sp³-hybridized carbons (Fsp3) is 0.194. The number of aliphatic hydroxyl groups is 1. The lowest BCUT2D eigenvalue weighted by molar-refractivity contribution is 0.175. The number of urea groups is 1. The number of amides is 2. The quantitative estimate of drug-likeness (QED) is 0.196. The number of hydrogen-bond donors (Lipinski definition) is 3. The Hall–Kier alpha value is -4.56. The Kier molecular flexibility index (Phi) is 8.64. The fourth-order valence-electron chi connectivity index (χ4n) is 4.88. The van der Waals surface area contributed by atoms with Crippen LogP contribution in [0.1, 0.15) is 24.2 Å². The maximum Gasteiger partial charge on any atom is 0.334 e. The van der Waals surface area contributed by atoms with E-state index in [0.29, 0.717) is 35.8 Å². The monoisotopic (exact) mass is 588 g/mol. The van der Waals surface area contributed by atoms with Crippen molar-refractivity contribution in [1.29, 1.82) is 5.26 Å². The van der Waals surface area contributed by atoms with Gasteiger partial charge in [0.1, 0.15) is 11.5 Å². The van der Waals surface area contributed by atoms with Crippen LogP contribution >= 0.6 is 11.6 Å². The number of anilines is 4. The number of aliphatic hydroxyl groups excluding tert-OH is 1. The van der Waals surface area contributed by atoms with E-state index < -0.39 is 29.5 Å². The Bertz CT molecular complexity index is 1640. The molecule has 1 aromatic heterocycles. The summed E-state index contributed by atoms with van der Waals surface area (Å²) in [6.45, 7) is 2.93. The van der Waals surface area contributed by atoms with Crippen molar-refractivity contribution in [3.63, 3.8) is 0 Å². The van der Waals surface area contributed by atoms with Crippen molar-refractivity contribution >= 4 is 40.5 Å². The molecule has 11 heteroatoms. The van der Waals surface area contributed by atoms with E-state index in [0.717, 1.165) is 22.6 Å². The molecule has 0 unspecified atom stereocenters. The highest BCUT2D eigenvalue weighted by molar-refractivity contribution is 6.31. The molecule has 1 atom stereocenters. The second-order valence-corrected chi connectivity index (χ2v) is 10.0. The second kappa shape index (κ2) is 12.5. The van der Waals surface area contributed by atoms with Gasteiger partial charge >= 0.3 is 6.03 Å². The van der Waals surface area contributed by atoms with Crippen LogP contribution in [-0.4, -0.2) is 42.3 Å². The minimum absolute atomic E-state index is 0.125. The van der Waals surface area contributed by atoms with Crippen molar-refractivity contribution in [2.45, 2.75) is 13.0 Å². The molecule has 42 heavy (non-hydrogen) atoms. The fourth-order valence-corrected chi connectivity index (χ4v) is 5.04. The van der Waals surface area contributed by atoms with Crippen LogP contribution in [0.15, 0.2) is 72.9 Å². The Morgan fingerprint density at radius 1 is 1.05 bits per heavy atom. The maximum absolute atomic E-state index is 15.7. The number of aromatic nitrogens is 1. The van der Waals surface area contributed by atoms with E-state index in [9.17, 15) is 15.2 Å². The highest BCUT2D eigenvalue weighted by Gasteiger charge is 2.36. The smallest absolute Gasteiger partial charge is 0.334 e. The SMILES string of the molecule is CCN1C(=O)N(c2c(F)cc(NCCNC[C@H](O)c3ccccc3)cc2F)c2cc(C#N)ccc2-c2cc(Cl)cnc21. The molecule has 0 bridgehead atoms. The summed E-state index contributed by atoms with van der Waals surface area (Å²) in [5, 5.41) is 26.2. The predicted molar refractivity (Wildman–Crippen MR) is 159 cm³/mol. The standard InChI is InChI=1S/C31H27ClF2N6O2/c1-2-39-30-24(13-21(32)17-38-30)23-9-8-19(16-35)12-27(23)40(31(39)42)29-25(33)14-22(15-26(29)34)37-11-10-36-18-28(41)20-6-4-3-5-7-20/h3-9,12-15,17,28,36-37,41H,2,10-11,18H2,1H3/t28-/m0/s1. The van der Waals surface area contributed by atoms with Gasteiger partial charge < -0.3 is 15.7 Å². The van der Waals surface area contributed by atoms with Crippen LogP contribution in [0.5, 0.6) is 0 Å². The van der Waals surface area contributed by atoms with Gasteiger partial charge in [0.05, 0.1) is 28.4 Å². The van der Waals surface area contributed by atoms with Gasteiger partial charge in [-0.15, -0.1) is 0 Å². The molecule has 214 valence electrons. The van der Waals surface area contributed by atoms with Gasteiger partial charge in [0.15, 0.2) is 11.6 Å². The zero-order valence-electron chi connectivity index (χ0n) is 22.6. The molecular formula is C31H27ClF2N6O2. The summed E-state index contributed by atoms with van der Waals surface area (Å²) in [6.07, 6.45) is 0.713. The molecule has 5 rings (SSSR count). The minimum Gasteiger partial charge on any atom is -0.387 e. The molecule has 2 heterocycles. The molecule has 0 saturated carbocycles. The number of pyridine rings is 1. The number of nitrogens with zero attached hydrogens (tertiary/aromatic N) is 4. The van der Waals surface area contributed by atoms with Crippen LogP contribution in [0.25, 0.3) is 11.1 Å². The number of carbonyl (C=O) groups excluding carboxylic acids is 1. The van der Waals surface area contributed by atoms with Crippen LogP contribution in [0.2, 0.25) is 5.02 Å². The lowest BCUT2D eigenvalue weighted by Gasteiger charge is -2.28. The van der Waals surface area contributed by atoms with Gasteiger partial charge in [-0.1, -0.05) is 48.0 Å². The van der Waals surface area contributed by atoms with Crippen molar-refractivity contribution in [3.05, 3.63) is 101 Å². The van der Waals surface area contributed by atoms with Crippen LogP contribution < -0.4 is 20.4 Å². The number of carbonyl (C=O) groups is 1. The summed E-state index contributed by atoms with van der Waals surface area (Å²) in [7, 11) is 0. The zero-order valence-corrected chi connectivity index (χ0v) is 23.4. The maximum atomic E-state index is 15.7. The van der Waals surface area contributed by atoms with Crippen LogP contribution in [0.4, 0.5) is 36.5 Å². The number of benzene rings is 3. The molecular weight excluding hydrogens is 562 g/mol. The van der Waals surface area contributed by atoms with Gasteiger partial charge in [-0.05, 0) is 42.8 Å². The normalized spacial score (nSPS) is 13.2. The summed E-state index contributed by atoms with van der Waals surface area (Å²) in [6, 6.07) is 18.9. The molecule has 3 aromatic carbocycles. The molecule has 1 aliphatic rings. The lowest BCUT2D eigenvalue weighted by atomic mass is 10.0. The summed E-state index contributed by atoms with van der Waals surface area (Å²) in [4.78, 5) is 20.5. The molecule has 0 spiro atoms. The third-order valence-electron chi connectivity index (χ3n) is 6.88. The van der Waals surface area contributed by atoms with Gasteiger partial charge in [-0.25, -0.2) is 18.6 Å². The van der Waals surface area contributed by atoms with E-state index in [4.69, 9.17) is 11.6 Å². The molecule has 8 nitrogen and oxygen atoms in total. The van der Waals surface area contributed by atoms with Crippen LogP contribution in [0, 0.1) is 23.0 Å². The minimum atomic E-state index is -0.973. The Morgan fingerprint density at radius 2 is 1.79 bits per heavy atom. The van der Waals surface area contributed by atoms with Crippen molar-refractivity contribution in [1.82, 2.24) is 10.3 Å². The van der Waals surface area contributed by atoms with Crippen molar-refractivity contribution in [2.24, 2.45) is 0 Å². The summed E-state index contributed by atoms with van der Waals surface area (Å²) in [5.41, 5.74) is 1.64. The van der Waals surface area contributed by atoms with Crippen molar-refractivity contribution in [3.8, 4) is 17.2 Å². The highest BCUT2D eigenvalue weighted by atomic mass is 35.5. The van der Waals surface area contributed by atoms with E-state index in [2.05, 4.69) is 15.6 Å². The van der Waals surface area contributed by atoms with Crippen molar-refractivity contribution < 1.29 is 18.7 Å². The summed E-state index contributed by atoms with van der Waals surface area (Å²) < 4.78 is 31.5. The van der Waals surface area contributed by atoms with E-state index in [-0.39, 0.29) is 29.3 Å². The molecule has 0 fully saturated rings. The van der Waals surface area contributed by atoms with E-state index in [1.165, 1.54) is 17.2 Å². The Labute approximate surface area is 246 Å². The third-order valence-corrected chi connectivity index (χ3v) is 7.09. The predicted octanol–water partition coefficient (Wildman–Crippen LogP) is 6.38. The molecule has 0 radical (unpaired) electrons. The number of nitriles is 1. The van der Waals surface area contributed by atoms with Gasteiger partial charge in [0.25, 0.3) is 0 Å². The number of nitrogens with one attached hydrogen (secondary N) is 2. The Balaban J connectivity index is 1.42. The number of hydrogen-bond acceptors (Lipinski definition) is 6. The lowest BCUT2D eigenvalue weighted by Crippen LogP contribution is -2.41. The molecule has 4 aromatic rings. The van der Waals surface area contributed by atoms with E-state index in [1.54, 1.807) is 25.1 Å². The van der Waals surface area contributed by atoms with Crippen molar-refractivity contribution in [2.75, 3.05) is 41.3 Å². The molecule has 2 amide bonds. The molecule has 3 N–H and O–H groups in total. The number of halogens is 3. The number of fused-ring (bicyclic) bond motifs is 3. The largest absolute Gasteiger partial charge is 0.387 e. The first-order chi connectivity index (χ1) is 20.3. The van der Waals surface area contributed by atoms with E-state index >= 15 is 8.78 Å². The average Bonchev–Trinajstić information content (AvgIpc) is 3.08. The van der Waals surface area contributed by atoms with Crippen LogP contribution in [-0.2, 0) is 0 Å². The summed E-state index contributed by atoms with van der Waals surface area (Å²) in [5.74, 6) is -1.66. The van der Waals surface area contributed by atoms with Gasteiger partial charge in [-0.3, -0.25) is 9.80 Å². The molecule has 0 saturated heterocycles. The second-order valence-electron chi connectivity index (χ2n) is 9.58. The molecule has 0 aliphatic carbocycles. The third kappa shape index (κ3) is 5.76.